The minimum absolute atomic E-state index is 0.0165. The quantitative estimate of drug-likeness (QED) is 0.823. The lowest BCUT2D eigenvalue weighted by molar-refractivity contribution is -0.137. The lowest BCUT2D eigenvalue weighted by atomic mass is 9.99. The van der Waals surface area contributed by atoms with Gasteiger partial charge in [0.15, 0.2) is 0 Å². The van der Waals surface area contributed by atoms with E-state index in [2.05, 4.69) is 4.98 Å². The van der Waals surface area contributed by atoms with Gasteiger partial charge < -0.3 is 10.8 Å². The molecule has 3 N–H and O–H groups in total. The van der Waals surface area contributed by atoms with Gasteiger partial charge in [-0.15, -0.1) is 0 Å². The third kappa shape index (κ3) is 2.85. The van der Waals surface area contributed by atoms with Crippen molar-refractivity contribution in [3.63, 3.8) is 0 Å². The van der Waals surface area contributed by atoms with Crippen molar-refractivity contribution in [2.45, 2.75) is 12.3 Å². The molecule has 100 valence electrons. The number of nitrogens with zero attached hydrogens (tertiary/aromatic N) is 1. The molecule has 0 amide bonds. The maximum atomic E-state index is 12.6. The third-order valence-electron chi connectivity index (χ3n) is 2.71. The summed E-state index contributed by atoms with van der Waals surface area (Å²) in [7, 11) is 0. The van der Waals surface area contributed by atoms with Crippen molar-refractivity contribution in [2.75, 3.05) is 5.73 Å². The summed E-state index contributed by atoms with van der Waals surface area (Å²) in [5, 5.41) is 10.1. The molecule has 0 radical (unpaired) electrons. The number of pyridine rings is 1. The third-order valence-corrected chi connectivity index (χ3v) is 2.71. The molecule has 0 aliphatic rings. The SMILES string of the molecule is Nc1ccc(C(F)(F)F)cc1C(O)c1cccnc1. The Morgan fingerprint density at radius 3 is 2.53 bits per heavy atom. The second-order valence-electron chi connectivity index (χ2n) is 4.03. The molecule has 19 heavy (non-hydrogen) atoms. The first-order chi connectivity index (χ1) is 8.89. The smallest absolute Gasteiger partial charge is 0.398 e. The molecular formula is C13H11F3N2O. The van der Waals surface area contributed by atoms with Gasteiger partial charge in [-0.1, -0.05) is 6.07 Å². The summed E-state index contributed by atoms with van der Waals surface area (Å²) in [5.41, 5.74) is 5.28. The molecule has 6 heteroatoms. The molecule has 0 saturated heterocycles. The van der Waals surface area contributed by atoms with Gasteiger partial charge in [0, 0.05) is 29.2 Å². The summed E-state index contributed by atoms with van der Waals surface area (Å²) in [6.45, 7) is 0. The number of aliphatic hydroxyl groups excluding tert-OH is 1. The largest absolute Gasteiger partial charge is 0.416 e. The first kappa shape index (κ1) is 13.4. The van der Waals surface area contributed by atoms with Crippen LogP contribution in [-0.4, -0.2) is 10.1 Å². The first-order valence-corrected chi connectivity index (χ1v) is 5.44. The van der Waals surface area contributed by atoms with Gasteiger partial charge in [-0.05, 0) is 24.3 Å². The second-order valence-corrected chi connectivity index (χ2v) is 4.03. The lowest BCUT2D eigenvalue weighted by Crippen LogP contribution is -2.09. The monoisotopic (exact) mass is 268 g/mol. The Balaban J connectivity index is 2.45. The van der Waals surface area contributed by atoms with Crippen molar-refractivity contribution in [1.82, 2.24) is 4.98 Å². The minimum atomic E-state index is -4.48. The molecule has 1 unspecified atom stereocenters. The summed E-state index contributed by atoms with van der Waals surface area (Å²) in [6.07, 6.45) is -2.83. The predicted molar refractivity (Wildman–Crippen MR) is 64.2 cm³/mol. The fourth-order valence-corrected chi connectivity index (χ4v) is 1.71. The number of hydrogen-bond donors (Lipinski definition) is 2. The van der Waals surface area contributed by atoms with Crippen molar-refractivity contribution >= 4 is 5.69 Å². The van der Waals surface area contributed by atoms with Gasteiger partial charge in [0.2, 0.25) is 0 Å². The fourth-order valence-electron chi connectivity index (χ4n) is 1.71. The van der Waals surface area contributed by atoms with Crippen LogP contribution in [0.2, 0.25) is 0 Å². The summed E-state index contributed by atoms with van der Waals surface area (Å²) in [6, 6.07) is 6.03. The molecule has 1 aromatic heterocycles. The van der Waals surface area contributed by atoms with Gasteiger partial charge >= 0.3 is 6.18 Å². The van der Waals surface area contributed by atoms with E-state index in [4.69, 9.17) is 5.73 Å². The zero-order valence-electron chi connectivity index (χ0n) is 9.72. The summed E-state index contributed by atoms with van der Waals surface area (Å²) < 4.78 is 37.9. The number of benzene rings is 1. The van der Waals surface area contributed by atoms with Crippen LogP contribution in [0.3, 0.4) is 0 Å². The number of nitrogens with two attached hydrogens (primary N) is 1. The van der Waals surface area contributed by atoms with Crippen LogP contribution in [0.1, 0.15) is 22.8 Å². The van der Waals surface area contributed by atoms with Crippen LogP contribution in [-0.2, 0) is 6.18 Å². The molecule has 1 heterocycles. The van der Waals surface area contributed by atoms with Crippen LogP contribution in [0, 0.1) is 0 Å². The van der Waals surface area contributed by atoms with Gasteiger partial charge in [-0.25, -0.2) is 0 Å². The minimum Gasteiger partial charge on any atom is -0.398 e. The van der Waals surface area contributed by atoms with Crippen molar-refractivity contribution in [2.24, 2.45) is 0 Å². The van der Waals surface area contributed by atoms with E-state index in [9.17, 15) is 18.3 Å². The molecule has 1 atom stereocenters. The Morgan fingerprint density at radius 2 is 1.95 bits per heavy atom. The molecular weight excluding hydrogens is 257 g/mol. The van der Waals surface area contributed by atoms with Crippen LogP contribution in [0.4, 0.5) is 18.9 Å². The Bertz CT molecular complexity index is 570. The molecule has 2 rings (SSSR count). The molecule has 0 saturated carbocycles. The Kier molecular flexibility index (Phi) is 3.44. The van der Waals surface area contributed by atoms with E-state index in [1.54, 1.807) is 12.1 Å². The molecule has 0 aliphatic heterocycles. The zero-order chi connectivity index (χ0) is 14.0. The second kappa shape index (κ2) is 4.89. The van der Waals surface area contributed by atoms with E-state index >= 15 is 0 Å². The average Bonchev–Trinajstić information content (AvgIpc) is 2.38. The number of aliphatic hydroxyl groups is 1. The van der Waals surface area contributed by atoms with Gasteiger partial charge in [-0.2, -0.15) is 13.2 Å². The molecule has 3 nitrogen and oxygen atoms in total. The predicted octanol–water partition coefficient (Wildman–Crippen LogP) is 2.76. The van der Waals surface area contributed by atoms with Crippen LogP contribution >= 0.6 is 0 Å². The van der Waals surface area contributed by atoms with E-state index in [1.807, 2.05) is 0 Å². The van der Waals surface area contributed by atoms with Gasteiger partial charge in [-0.3, -0.25) is 4.98 Å². The highest BCUT2D eigenvalue weighted by Crippen LogP contribution is 2.34. The van der Waals surface area contributed by atoms with Crippen LogP contribution < -0.4 is 5.73 Å². The van der Waals surface area contributed by atoms with E-state index < -0.39 is 17.8 Å². The van der Waals surface area contributed by atoms with Gasteiger partial charge in [0.05, 0.1) is 5.56 Å². The van der Waals surface area contributed by atoms with Crippen LogP contribution in [0.15, 0.2) is 42.7 Å². The average molecular weight is 268 g/mol. The highest BCUT2D eigenvalue weighted by molar-refractivity contribution is 5.52. The number of nitrogen functional groups attached to an aromatic ring is 1. The maximum Gasteiger partial charge on any atom is 0.416 e. The van der Waals surface area contributed by atoms with E-state index in [0.717, 1.165) is 18.2 Å². The number of alkyl halides is 3. The molecule has 0 aliphatic carbocycles. The normalized spacial score (nSPS) is 13.3. The molecule has 0 fully saturated rings. The highest BCUT2D eigenvalue weighted by Gasteiger charge is 2.31. The fraction of sp³-hybridized carbons (Fsp3) is 0.154. The molecule has 2 aromatic rings. The lowest BCUT2D eigenvalue weighted by Gasteiger charge is -2.16. The first-order valence-electron chi connectivity index (χ1n) is 5.44. The maximum absolute atomic E-state index is 12.6. The number of rotatable bonds is 2. The standard InChI is InChI=1S/C13H11F3N2O/c14-13(15,16)9-3-4-11(17)10(6-9)12(19)8-2-1-5-18-7-8/h1-7,12,19H,17H2. The van der Waals surface area contributed by atoms with Crippen molar-refractivity contribution in [3.05, 3.63) is 59.4 Å². The van der Waals surface area contributed by atoms with Crippen LogP contribution in [0.25, 0.3) is 0 Å². The number of anilines is 1. The molecule has 0 bridgehead atoms. The van der Waals surface area contributed by atoms with E-state index in [0.29, 0.717) is 5.56 Å². The molecule has 1 aromatic carbocycles. The zero-order valence-corrected chi connectivity index (χ0v) is 9.72. The van der Waals surface area contributed by atoms with E-state index in [-0.39, 0.29) is 11.3 Å². The van der Waals surface area contributed by atoms with Gasteiger partial charge in [0.1, 0.15) is 6.10 Å². The summed E-state index contributed by atoms with van der Waals surface area (Å²) in [5.74, 6) is 0. The van der Waals surface area contributed by atoms with E-state index in [1.165, 1.54) is 12.4 Å². The van der Waals surface area contributed by atoms with Crippen molar-refractivity contribution in [3.8, 4) is 0 Å². The Hall–Kier alpha value is -2.08. The van der Waals surface area contributed by atoms with Crippen LogP contribution in [0.5, 0.6) is 0 Å². The summed E-state index contributed by atoms with van der Waals surface area (Å²) >= 11 is 0. The number of aromatic nitrogens is 1. The number of halogens is 3. The van der Waals surface area contributed by atoms with Gasteiger partial charge in [0.25, 0.3) is 0 Å². The Morgan fingerprint density at radius 1 is 1.21 bits per heavy atom. The highest BCUT2D eigenvalue weighted by atomic mass is 19.4. The number of hydrogen-bond acceptors (Lipinski definition) is 3. The summed E-state index contributed by atoms with van der Waals surface area (Å²) in [4.78, 5) is 3.81. The van der Waals surface area contributed by atoms with Crippen molar-refractivity contribution < 1.29 is 18.3 Å². The molecule has 0 spiro atoms. The topological polar surface area (TPSA) is 59.1 Å². The van der Waals surface area contributed by atoms with Crippen molar-refractivity contribution in [1.29, 1.82) is 0 Å². The Labute approximate surface area is 107 Å².